The Kier molecular flexibility index (Phi) is 3.81. The van der Waals surface area contributed by atoms with Crippen LogP contribution in [0.15, 0.2) is 12.1 Å². The number of rotatable bonds is 2. The lowest BCUT2D eigenvalue weighted by molar-refractivity contribution is 0.0595. The molecule has 0 saturated heterocycles. The van der Waals surface area contributed by atoms with Crippen LogP contribution in [0, 0.1) is 17.1 Å². The van der Waals surface area contributed by atoms with Gasteiger partial charge in [0.1, 0.15) is 5.82 Å². The second-order valence-electron chi connectivity index (χ2n) is 2.69. The smallest absolute Gasteiger partial charge is 0.340 e. The predicted molar refractivity (Wildman–Crippen MR) is 55.1 cm³/mol. The molecule has 15 heavy (non-hydrogen) atoms. The predicted octanol–water partition coefficient (Wildman–Crippen LogP) is 2.38. The number of ether oxygens (including phenoxy) is 1. The maximum Gasteiger partial charge on any atom is 0.340 e. The number of hydrogen-bond acceptors (Lipinski definition) is 3. The number of nitriles is 1. The van der Waals surface area contributed by atoms with Gasteiger partial charge in [0.2, 0.25) is 0 Å². The van der Waals surface area contributed by atoms with Crippen molar-refractivity contribution in [1.82, 2.24) is 0 Å². The van der Waals surface area contributed by atoms with E-state index in [0.717, 1.165) is 0 Å². The first-order chi connectivity index (χ1) is 7.15. The van der Waals surface area contributed by atoms with Gasteiger partial charge >= 0.3 is 5.97 Å². The molecular formula is C10H7BrFNO2. The van der Waals surface area contributed by atoms with Crippen molar-refractivity contribution in [3.8, 4) is 6.07 Å². The zero-order chi connectivity index (χ0) is 11.4. The second-order valence-corrected chi connectivity index (χ2v) is 3.25. The molecule has 0 aliphatic rings. The van der Waals surface area contributed by atoms with Crippen LogP contribution < -0.4 is 0 Å². The minimum absolute atomic E-state index is 0.161. The SMILES string of the molecule is COC(=O)c1ccc(C#N)c(CBr)c1F. The molecular weight excluding hydrogens is 265 g/mol. The van der Waals surface area contributed by atoms with E-state index in [9.17, 15) is 9.18 Å². The van der Waals surface area contributed by atoms with Crippen molar-refractivity contribution in [3.05, 3.63) is 34.6 Å². The minimum Gasteiger partial charge on any atom is -0.465 e. The Morgan fingerprint density at radius 1 is 1.67 bits per heavy atom. The van der Waals surface area contributed by atoms with Crippen LogP contribution in [0.25, 0.3) is 0 Å². The largest absolute Gasteiger partial charge is 0.465 e. The van der Waals surface area contributed by atoms with Gasteiger partial charge < -0.3 is 4.74 Å². The first kappa shape index (κ1) is 11.7. The second kappa shape index (κ2) is 4.89. The summed E-state index contributed by atoms with van der Waals surface area (Å²) in [6.07, 6.45) is 0. The number of nitrogens with zero attached hydrogens (tertiary/aromatic N) is 1. The molecule has 3 nitrogen and oxygen atoms in total. The monoisotopic (exact) mass is 271 g/mol. The van der Waals surface area contributed by atoms with Crippen molar-refractivity contribution in [2.24, 2.45) is 0 Å². The van der Waals surface area contributed by atoms with Gasteiger partial charge in [0.15, 0.2) is 0 Å². The lowest BCUT2D eigenvalue weighted by atomic mass is 10.1. The van der Waals surface area contributed by atoms with Crippen LogP contribution in [-0.4, -0.2) is 13.1 Å². The van der Waals surface area contributed by atoms with E-state index in [1.54, 1.807) is 0 Å². The fourth-order valence-corrected chi connectivity index (χ4v) is 1.67. The Morgan fingerprint density at radius 2 is 2.33 bits per heavy atom. The molecule has 0 aliphatic heterocycles. The van der Waals surface area contributed by atoms with Crippen LogP contribution in [0.2, 0.25) is 0 Å². The van der Waals surface area contributed by atoms with Crippen LogP contribution in [-0.2, 0) is 10.1 Å². The highest BCUT2D eigenvalue weighted by Gasteiger charge is 2.17. The Balaban J connectivity index is 3.37. The summed E-state index contributed by atoms with van der Waals surface area (Å²) in [4.78, 5) is 11.1. The molecule has 1 rings (SSSR count). The third-order valence-electron chi connectivity index (χ3n) is 1.90. The Bertz CT molecular complexity index is 440. The van der Waals surface area contributed by atoms with Crippen molar-refractivity contribution < 1.29 is 13.9 Å². The molecule has 1 aromatic carbocycles. The van der Waals surface area contributed by atoms with Crippen LogP contribution in [0.1, 0.15) is 21.5 Å². The van der Waals surface area contributed by atoms with Gasteiger partial charge in [-0.05, 0) is 12.1 Å². The molecule has 1 aromatic rings. The number of carbonyl (C=O) groups is 1. The van der Waals surface area contributed by atoms with E-state index >= 15 is 0 Å². The minimum atomic E-state index is -0.751. The molecule has 0 N–H and O–H groups in total. The lowest BCUT2D eigenvalue weighted by Gasteiger charge is -2.06. The molecule has 0 unspecified atom stereocenters. The van der Waals surface area contributed by atoms with Gasteiger partial charge in [-0.15, -0.1) is 0 Å². The van der Waals surface area contributed by atoms with E-state index in [4.69, 9.17) is 5.26 Å². The Morgan fingerprint density at radius 3 is 2.80 bits per heavy atom. The van der Waals surface area contributed by atoms with E-state index in [-0.39, 0.29) is 22.0 Å². The molecule has 0 amide bonds. The van der Waals surface area contributed by atoms with Crippen LogP contribution in [0.3, 0.4) is 0 Å². The van der Waals surface area contributed by atoms with Gasteiger partial charge in [-0.25, -0.2) is 9.18 Å². The number of hydrogen-bond donors (Lipinski definition) is 0. The molecule has 0 radical (unpaired) electrons. The average Bonchev–Trinajstić information content (AvgIpc) is 2.27. The third-order valence-corrected chi connectivity index (χ3v) is 2.46. The van der Waals surface area contributed by atoms with Gasteiger partial charge in [0.25, 0.3) is 0 Å². The van der Waals surface area contributed by atoms with Crippen molar-refractivity contribution in [3.63, 3.8) is 0 Å². The molecule has 0 saturated carbocycles. The summed E-state index contributed by atoms with van der Waals surface area (Å²) in [5.74, 6) is -1.46. The molecule has 5 heteroatoms. The zero-order valence-corrected chi connectivity index (χ0v) is 9.47. The number of halogens is 2. The molecule has 0 atom stereocenters. The van der Waals surface area contributed by atoms with E-state index < -0.39 is 11.8 Å². The van der Waals surface area contributed by atoms with Crippen molar-refractivity contribution >= 4 is 21.9 Å². The van der Waals surface area contributed by atoms with Gasteiger partial charge in [-0.3, -0.25) is 0 Å². The maximum atomic E-state index is 13.7. The normalized spacial score (nSPS) is 9.47. The molecule has 0 bridgehead atoms. The summed E-state index contributed by atoms with van der Waals surface area (Å²) in [5.41, 5.74) is 0.211. The topological polar surface area (TPSA) is 50.1 Å². The van der Waals surface area contributed by atoms with E-state index in [1.807, 2.05) is 6.07 Å². The van der Waals surface area contributed by atoms with E-state index in [1.165, 1.54) is 19.2 Å². The van der Waals surface area contributed by atoms with Gasteiger partial charge in [0, 0.05) is 10.9 Å². The number of carbonyl (C=O) groups excluding carboxylic acids is 1. The summed E-state index contributed by atoms with van der Waals surface area (Å²) in [5, 5.41) is 8.88. The first-order valence-corrected chi connectivity index (χ1v) is 5.13. The quantitative estimate of drug-likeness (QED) is 0.613. The highest BCUT2D eigenvalue weighted by Crippen LogP contribution is 2.20. The number of benzene rings is 1. The summed E-state index contributed by atoms with van der Waals surface area (Å²) >= 11 is 3.06. The van der Waals surface area contributed by atoms with Crippen LogP contribution >= 0.6 is 15.9 Å². The fourth-order valence-electron chi connectivity index (χ4n) is 1.12. The summed E-state index contributed by atoms with van der Waals surface area (Å²) in [6, 6.07) is 4.49. The van der Waals surface area contributed by atoms with E-state index in [0.29, 0.717) is 0 Å². The maximum absolute atomic E-state index is 13.7. The van der Waals surface area contributed by atoms with Gasteiger partial charge in [-0.2, -0.15) is 5.26 Å². The Hall–Kier alpha value is -1.41. The number of alkyl halides is 1. The van der Waals surface area contributed by atoms with Crippen molar-refractivity contribution in [1.29, 1.82) is 5.26 Å². The van der Waals surface area contributed by atoms with Gasteiger partial charge in [-0.1, -0.05) is 15.9 Å². The van der Waals surface area contributed by atoms with Crippen molar-refractivity contribution in [2.75, 3.05) is 7.11 Å². The molecule has 0 aromatic heterocycles. The van der Waals surface area contributed by atoms with Crippen molar-refractivity contribution in [2.45, 2.75) is 5.33 Å². The molecule has 0 heterocycles. The summed E-state index contributed by atoms with van der Waals surface area (Å²) in [7, 11) is 1.17. The summed E-state index contributed by atoms with van der Waals surface area (Å²) in [6.45, 7) is 0. The zero-order valence-electron chi connectivity index (χ0n) is 7.88. The van der Waals surface area contributed by atoms with Crippen LogP contribution in [0.4, 0.5) is 4.39 Å². The highest BCUT2D eigenvalue weighted by atomic mass is 79.9. The molecule has 0 spiro atoms. The van der Waals surface area contributed by atoms with Gasteiger partial charge in [0.05, 0.1) is 24.3 Å². The standard InChI is InChI=1S/C10H7BrFNO2/c1-15-10(14)7-3-2-6(5-13)8(4-11)9(7)12/h2-3H,4H2,1H3. The molecule has 0 fully saturated rings. The third kappa shape index (κ3) is 2.16. The summed E-state index contributed by atoms with van der Waals surface area (Å²) < 4.78 is 18.1. The highest BCUT2D eigenvalue weighted by molar-refractivity contribution is 9.08. The molecule has 78 valence electrons. The number of esters is 1. The number of methoxy groups -OCH3 is 1. The first-order valence-electron chi connectivity index (χ1n) is 4.01. The average molecular weight is 272 g/mol. The van der Waals surface area contributed by atoms with E-state index in [2.05, 4.69) is 20.7 Å². The lowest BCUT2D eigenvalue weighted by Crippen LogP contribution is -2.07. The fraction of sp³-hybridized carbons (Fsp3) is 0.200. The van der Waals surface area contributed by atoms with Crippen LogP contribution in [0.5, 0.6) is 0 Å². The molecule has 0 aliphatic carbocycles. The Labute approximate surface area is 94.6 Å².